The average molecular weight is 437 g/mol. The largest absolute Gasteiger partial charge is 0.378 e. The topological polar surface area (TPSA) is 49.9 Å². The van der Waals surface area contributed by atoms with Crippen LogP contribution in [0.25, 0.3) is 0 Å². The number of hydrogen-bond acceptors (Lipinski definition) is 3. The summed E-state index contributed by atoms with van der Waals surface area (Å²) in [7, 11) is 0. The van der Waals surface area contributed by atoms with E-state index >= 15 is 0 Å². The molecule has 3 rings (SSSR count). The van der Waals surface area contributed by atoms with E-state index in [2.05, 4.69) is 40.2 Å². The normalized spacial score (nSPS) is 18.6. The predicted octanol–water partition coefficient (Wildman–Crippen LogP) is 3.26. The van der Waals surface area contributed by atoms with Crippen molar-refractivity contribution in [1.82, 2.24) is 9.80 Å². The van der Waals surface area contributed by atoms with Gasteiger partial charge in [-0.25, -0.2) is 0 Å². The molecule has 2 saturated heterocycles. The van der Waals surface area contributed by atoms with Gasteiger partial charge in [-0.1, -0.05) is 28.1 Å². The highest BCUT2D eigenvalue weighted by Crippen LogP contribution is 2.21. The maximum Gasteiger partial charge on any atom is 0.225 e. The smallest absolute Gasteiger partial charge is 0.225 e. The van der Waals surface area contributed by atoms with Gasteiger partial charge < -0.3 is 14.5 Å². The van der Waals surface area contributed by atoms with E-state index in [-0.39, 0.29) is 17.7 Å². The Morgan fingerprint density at radius 1 is 0.963 bits per heavy atom. The van der Waals surface area contributed by atoms with Crippen molar-refractivity contribution < 1.29 is 14.3 Å². The predicted molar refractivity (Wildman–Crippen MR) is 108 cm³/mol. The number of unbranched alkanes of at least 4 members (excludes halogenated alkanes) is 1. The Morgan fingerprint density at radius 2 is 1.63 bits per heavy atom. The maximum atomic E-state index is 12.6. The minimum absolute atomic E-state index is 0.0737. The number of benzene rings is 1. The number of aryl methyl sites for hydroxylation is 1. The third kappa shape index (κ3) is 6.04. The van der Waals surface area contributed by atoms with Crippen molar-refractivity contribution >= 4 is 27.7 Å². The second-order valence-corrected chi connectivity index (χ2v) is 8.34. The van der Waals surface area contributed by atoms with E-state index in [0.29, 0.717) is 45.8 Å². The molecule has 6 heteroatoms. The fourth-order valence-corrected chi connectivity index (χ4v) is 4.10. The second kappa shape index (κ2) is 10.2. The summed E-state index contributed by atoms with van der Waals surface area (Å²) in [5.41, 5.74) is 1.31. The molecule has 0 aliphatic carbocycles. The first-order valence-electron chi connectivity index (χ1n) is 10.0. The fraction of sp³-hybridized carbons (Fsp3) is 0.619. The molecule has 2 amide bonds. The zero-order chi connectivity index (χ0) is 19.1. The van der Waals surface area contributed by atoms with Crippen LogP contribution in [0.3, 0.4) is 0 Å². The number of morpholine rings is 1. The summed E-state index contributed by atoms with van der Waals surface area (Å²) < 4.78 is 6.41. The van der Waals surface area contributed by atoms with E-state index < -0.39 is 0 Å². The van der Waals surface area contributed by atoms with Gasteiger partial charge in [0.05, 0.1) is 13.2 Å². The van der Waals surface area contributed by atoms with E-state index in [4.69, 9.17) is 4.74 Å². The van der Waals surface area contributed by atoms with Crippen LogP contribution in [0.4, 0.5) is 0 Å². The zero-order valence-electron chi connectivity index (χ0n) is 15.9. The minimum Gasteiger partial charge on any atom is -0.378 e. The first-order chi connectivity index (χ1) is 13.1. The molecule has 0 atom stereocenters. The third-order valence-electron chi connectivity index (χ3n) is 5.54. The van der Waals surface area contributed by atoms with Gasteiger partial charge in [0.1, 0.15) is 0 Å². The Morgan fingerprint density at radius 3 is 2.30 bits per heavy atom. The third-order valence-corrected chi connectivity index (χ3v) is 6.07. The molecule has 2 aliphatic rings. The molecule has 0 N–H and O–H groups in total. The summed E-state index contributed by atoms with van der Waals surface area (Å²) >= 11 is 3.45. The van der Waals surface area contributed by atoms with Crippen molar-refractivity contribution in [2.24, 2.45) is 5.92 Å². The monoisotopic (exact) mass is 436 g/mol. The molecule has 0 bridgehead atoms. The number of piperidine rings is 1. The van der Waals surface area contributed by atoms with Gasteiger partial charge in [-0.05, 0) is 49.8 Å². The summed E-state index contributed by atoms with van der Waals surface area (Å²) in [6.45, 7) is 4.12. The molecular weight excluding hydrogens is 408 g/mol. The van der Waals surface area contributed by atoms with Crippen molar-refractivity contribution in [1.29, 1.82) is 0 Å². The SMILES string of the molecule is O=C(CCCCc1ccc(Br)cc1)N1CCC(C(=O)N2CCOCC2)CC1. The number of halogens is 1. The van der Waals surface area contributed by atoms with Gasteiger partial charge in [-0.3, -0.25) is 9.59 Å². The van der Waals surface area contributed by atoms with Crippen LogP contribution in [0, 0.1) is 5.92 Å². The Balaban J connectivity index is 1.33. The van der Waals surface area contributed by atoms with E-state index in [9.17, 15) is 9.59 Å². The van der Waals surface area contributed by atoms with Gasteiger partial charge in [0.25, 0.3) is 0 Å². The quantitative estimate of drug-likeness (QED) is 0.642. The first kappa shape index (κ1) is 20.3. The molecule has 0 unspecified atom stereocenters. The number of ether oxygens (including phenoxy) is 1. The van der Waals surface area contributed by atoms with Gasteiger partial charge in [0.15, 0.2) is 0 Å². The highest BCUT2D eigenvalue weighted by Gasteiger charge is 2.30. The lowest BCUT2D eigenvalue weighted by Crippen LogP contribution is -2.47. The summed E-state index contributed by atoms with van der Waals surface area (Å²) in [5.74, 6) is 0.563. The number of carbonyl (C=O) groups excluding carboxylic acids is 2. The van der Waals surface area contributed by atoms with Crippen LogP contribution < -0.4 is 0 Å². The molecule has 0 aromatic heterocycles. The van der Waals surface area contributed by atoms with Gasteiger partial charge >= 0.3 is 0 Å². The lowest BCUT2D eigenvalue weighted by molar-refractivity contribution is -0.143. The molecule has 0 radical (unpaired) electrons. The van der Waals surface area contributed by atoms with Gasteiger partial charge in [-0.2, -0.15) is 0 Å². The first-order valence-corrected chi connectivity index (χ1v) is 10.8. The van der Waals surface area contributed by atoms with Crippen molar-refractivity contribution in [2.75, 3.05) is 39.4 Å². The molecule has 1 aromatic carbocycles. The maximum absolute atomic E-state index is 12.6. The number of hydrogen-bond donors (Lipinski definition) is 0. The number of amides is 2. The van der Waals surface area contributed by atoms with Gasteiger partial charge in [-0.15, -0.1) is 0 Å². The zero-order valence-corrected chi connectivity index (χ0v) is 17.5. The molecule has 27 heavy (non-hydrogen) atoms. The summed E-state index contributed by atoms with van der Waals surface area (Å²) in [6.07, 6.45) is 5.15. The minimum atomic E-state index is 0.0737. The summed E-state index contributed by atoms with van der Waals surface area (Å²) in [6, 6.07) is 8.37. The molecule has 0 saturated carbocycles. The molecule has 2 heterocycles. The van der Waals surface area contributed by atoms with Crippen molar-refractivity contribution in [3.8, 4) is 0 Å². The van der Waals surface area contributed by atoms with Gasteiger partial charge in [0.2, 0.25) is 11.8 Å². The molecule has 2 aliphatic heterocycles. The lowest BCUT2D eigenvalue weighted by atomic mass is 9.94. The van der Waals surface area contributed by atoms with Crippen molar-refractivity contribution in [3.63, 3.8) is 0 Å². The van der Waals surface area contributed by atoms with Crippen molar-refractivity contribution in [2.45, 2.75) is 38.5 Å². The molecule has 1 aromatic rings. The highest BCUT2D eigenvalue weighted by atomic mass is 79.9. The number of likely N-dealkylation sites (tertiary alicyclic amines) is 1. The average Bonchev–Trinajstić information content (AvgIpc) is 2.72. The number of carbonyl (C=O) groups is 2. The van der Waals surface area contributed by atoms with Crippen LogP contribution in [0.15, 0.2) is 28.7 Å². The summed E-state index contributed by atoms with van der Waals surface area (Å²) in [5, 5.41) is 0. The van der Waals surface area contributed by atoms with Crippen molar-refractivity contribution in [3.05, 3.63) is 34.3 Å². The van der Waals surface area contributed by atoms with Crippen LogP contribution in [0.5, 0.6) is 0 Å². The molecule has 0 spiro atoms. The molecule has 2 fully saturated rings. The number of nitrogens with zero attached hydrogens (tertiary/aromatic N) is 2. The highest BCUT2D eigenvalue weighted by molar-refractivity contribution is 9.10. The van der Waals surface area contributed by atoms with Gasteiger partial charge in [0, 0.05) is 43.0 Å². The van der Waals surface area contributed by atoms with Crippen LogP contribution in [0.2, 0.25) is 0 Å². The lowest BCUT2D eigenvalue weighted by Gasteiger charge is -2.35. The molecule has 5 nitrogen and oxygen atoms in total. The van der Waals surface area contributed by atoms with E-state index in [1.807, 2.05) is 9.80 Å². The Labute approximate surface area is 170 Å². The van der Waals surface area contributed by atoms with E-state index in [1.54, 1.807) is 0 Å². The van der Waals surface area contributed by atoms with Crippen LogP contribution in [-0.2, 0) is 20.7 Å². The Hall–Kier alpha value is -1.40. The summed E-state index contributed by atoms with van der Waals surface area (Å²) in [4.78, 5) is 28.9. The number of rotatable bonds is 6. The molecular formula is C21H29BrN2O3. The fourth-order valence-electron chi connectivity index (χ4n) is 3.83. The second-order valence-electron chi connectivity index (χ2n) is 7.43. The molecule has 148 valence electrons. The van der Waals surface area contributed by atoms with E-state index in [0.717, 1.165) is 36.6 Å². The van der Waals surface area contributed by atoms with Crippen LogP contribution in [0.1, 0.15) is 37.7 Å². The Kier molecular flexibility index (Phi) is 7.70. The van der Waals surface area contributed by atoms with Crippen LogP contribution >= 0.6 is 15.9 Å². The Bertz CT molecular complexity index is 621. The van der Waals surface area contributed by atoms with E-state index in [1.165, 1.54) is 5.56 Å². The van der Waals surface area contributed by atoms with Crippen LogP contribution in [-0.4, -0.2) is 61.0 Å². The standard InChI is InChI=1S/C21H29BrN2O3/c22-19-7-5-17(6-8-19)3-1-2-4-20(25)23-11-9-18(10-12-23)21(26)24-13-15-27-16-14-24/h5-8,18H,1-4,9-16H2.